The number of anilines is 1. The molecule has 182 valence electrons. The van der Waals surface area contributed by atoms with Crippen molar-refractivity contribution in [1.29, 1.82) is 0 Å². The van der Waals surface area contributed by atoms with Gasteiger partial charge in [0.2, 0.25) is 0 Å². The molecule has 2 N–H and O–H groups in total. The second-order valence-corrected chi connectivity index (χ2v) is 9.65. The lowest BCUT2D eigenvalue weighted by atomic mass is 10.1. The lowest BCUT2D eigenvalue weighted by Gasteiger charge is -2.25. The maximum Gasteiger partial charge on any atom is 0.417 e. The van der Waals surface area contributed by atoms with Crippen LogP contribution in [0.4, 0.5) is 19.0 Å². The number of benzene rings is 2. The number of aryl methyl sites for hydroxylation is 1. The predicted octanol–water partition coefficient (Wildman–Crippen LogP) is 4.34. The fraction of sp³-hybridized carbons (Fsp3) is 0.167. The van der Waals surface area contributed by atoms with Crippen molar-refractivity contribution >= 4 is 26.6 Å². The molecule has 2 heterocycles. The number of hydrogen-bond donors (Lipinski definition) is 2. The van der Waals surface area contributed by atoms with E-state index in [4.69, 9.17) is 0 Å². The van der Waals surface area contributed by atoms with Gasteiger partial charge in [-0.2, -0.15) is 13.2 Å². The van der Waals surface area contributed by atoms with Gasteiger partial charge in [-0.25, -0.2) is 17.7 Å². The van der Waals surface area contributed by atoms with Crippen LogP contribution in [0.1, 0.15) is 28.7 Å². The van der Waals surface area contributed by atoms with Gasteiger partial charge in [0, 0.05) is 28.9 Å². The van der Waals surface area contributed by atoms with E-state index in [1.807, 2.05) is 18.2 Å². The first-order valence-corrected chi connectivity index (χ1v) is 11.8. The number of rotatable bonds is 6. The van der Waals surface area contributed by atoms with E-state index in [1.54, 1.807) is 13.0 Å². The molecule has 11 heteroatoms. The highest BCUT2D eigenvalue weighted by molar-refractivity contribution is 7.92. The van der Waals surface area contributed by atoms with Crippen molar-refractivity contribution in [3.8, 4) is 0 Å². The zero-order valence-corrected chi connectivity index (χ0v) is 19.1. The summed E-state index contributed by atoms with van der Waals surface area (Å²) in [5, 5.41) is 20.2. The van der Waals surface area contributed by atoms with Crippen molar-refractivity contribution in [2.24, 2.45) is 0 Å². The Bertz CT molecular complexity index is 1460. The van der Waals surface area contributed by atoms with Gasteiger partial charge in [-0.1, -0.05) is 36.4 Å². The number of sulfonamides is 1. The Hall–Kier alpha value is -3.54. The Morgan fingerprint density at radius 2 is 1.63 bits per heavy atom. The first-order valence-electron chi connectivity index (χ1n) is 10.3. The highest BCUT2D eigenvalue weighted by atomic mass is 32.2. The number of alkyl halides is 3. The second-order valence-electron chi connectivity index (χ2n) is 7.78. The molecule has 0 unspecified atom stereocenters. The van der Waals surface area contributed by atoms with Crippen LogP contribution in [0.2, 0.25) is 0 Å². The Morgan fingerprint density at radius 1 is 0.943 bits per heavy atom. The fourth-order valence-corrected chi connectivity index (χ4v) is 5.04. The number of pyridine rings is 2. The molecule has 2 aromatic heterocycles. The quantitative estimate of drug-likeness (QED) is 0.380. The smallest absolute Gasteiger partial charge is 0.364 e. The predicted molar refractivity (Wildman–Crippen MR) is 123 cm³/mol. The largest absolute Gasteiger partial charge is 0.417 e. The van der Waals surface area contributed by atoms with E-state index in [9.17, 15) is 31.8 Å². The van der Waals surface area contributed by atoms with Crippen LogP contribution in [0.5, 0.6) is 0 Å². The van der Waals surface area contributed by atoms with Crippen LogP contribution in [0.25, 0.3) is 10.8 Å². The van der Waals surface area contributed by atoms with Gasteiger partial charge < -0.3 is 10.2 Å². The molecule has 0 atom stereocenters. The lowest BCUT2D eigenvalue weighted by Crippen LogP contribution is -2.32. The van der Waals surface area contributed by atoms with Crippen molar-refractivity contribution in [3.05, 3.63) is 95.4 Å². The molecule has 2 aromatic carbocycles. The number of halogens is 3. The number of aliphatic hydroxyl groups is 2. The minimum atomic E-state index is -4.58. The molecule has 0 saturated heterocycles. The van der Waals surface area contributed by atoms with E-state index >= 15 is 0 Å². The third-order valence-corrected chi connectivity index (χ3v) is 7.24. The Labute approximate surface area is 199 Å². The summed E-state index contributed by atoms with van der Waals surface area (Å²) in [5.41, 5.74) is -0.215. The molecule has 0 aliphatic rings. The number of aromatic nitrogens is 2. The molecule has 7 nitrogen and oxygen atoms in total. The van der Waals surface area contributed by atoms with Gasteiger partial charge in [0.25, 0.3) is 10.0 Å². The highest BCUT2D eigenvalue weighted by Gasteiger charge is 2.32. The van der Waals surface area contributed by atoms with Crippen molar-refractivity contribution in [2.75, 3.05) is 4.31 Å². The standard InChI is InChI=1S/C24H20F3N3O4S/c1-15-21-5-3-2-4-17(21)12-29-22(15)30(14-19-9-8-18(13-28-19)24(25,26)27)35(33,34)20-10-6-16(7-11-20)23(31)32/h2-13,23,31-32H,14H2,1H3. The summed E-state index contributed by atoms with van der Waals surface area (Å²) in [5.74, 6) is 0.0941. The molecule has 0 bridgehead atoms. The maximum atomic E-state index is 13.7. The molecule has 0 radical (unpaired) electrons. The van der Waals surface area contributed by atoms with Crippen LogP contribution < -0.4 is 4.31 Å². The lowest BCUT2D eigenvalue weighted by molar-refractivity contribution is -0.137. The first kappa shape index (κ1) is 24.6. The Morgan fingerprint density at radius 3 is 2.23 bits per heavy atom. The van der Waals surface area contributed by atoms with Crippen molar-refractivity contribution in [1.82, 2.24) is 9.97 Å². The monoisotopic (exact) mass is 503 g/mol. The summed E-state index contributed by atoms with van der Waals surface area (Å²) in [6, 6.07) is 14.2. The second kappa shape index (κ2) is 9.25. The summed E-state index contributed by atoms with van der Waals surface area (Å²) in [6.07, 6.45) is -4.18. The number of fused-ring (bicyclic) bond motifs is 1. The summed E-state index contributed by atoms with van der Waals surface area (Å²) >= 11 is 0. The summed E-state index contributed by atoms with van der Waals surface area (Å²) in [7, 11) is -4.28. The zero-order chi connectivity index (χ0) is 25.4. The molecule has 0 amide bonds. The van der Waals surface area contributed by atoms with Crippen molar-refractivity contribution in [3.63, 3.8) is 0 Å². The van der Waals surface area contributed by atoms with E-state index in [2.05, 4.69) is 9.97 Å². The van der Waals surface area contributed by atoms with E-state index in [0.717, 1.165) is 27.2 Å². The van der Waals surface area contributed by atoms with Crippen molar-refractivity contribution in [2.45, 2.75) is 30.8 Å². The van der Waals surface area contributed by atoms with Crippen molar-refractivity contribution < 1.29 is 31.8 Å². The van der Waals surface area contributed by atoms with Gasteiger partial charge in [-0.3, -0.25) is 4.98 Å². The van der Waals surface area contributed by atoms with E-state index < -0.39 is 28.1 Å². The Balaban J connectivity index is 1.83. The van der Waals surface area contributed by atoms with Crippen LogP contribution in [-0.4, -0.2) is 28.6 Å². The molecule has 0 saturated carbocycles. The van der Waals surface area contributed by atoms with Crippen LogP contribution in [-0.2, 0) is 22.7 Å². The molecule has 4 aromatic rings. The van der Waals surface area contributed by atoms with Crippen LogP contribution in [0.15, 0.2) is 78.0 Å². The zero-order valence-electron chi connectivity index (χ0n) is 18.3. The third-order valence-electron chi connectivity index (χ3n) is 5.49. The average molecular weight is 504 g/mol. The molecule has 0 fully saturated rings. The summed E-state index contributed by atoms with van der Waals surface area (Å²) in [6.45, 7) is 1.33. The van der Waals surface area contributed by atoms with Crippen LogP contribution >= 0.6 is 0 Å². The minimum Gasteiger partial charge on any atom is -0.364 e. The SMILES string of the molecule is Cc1c(N(Cc2ccc(C(F)(F)F)cn2)S(=O)(=O)c2ccc(C(O)O)cc2)ncc2ccccc12. The average Bonchev–Trinajstić information content (AvgIpc) is 2.83. The summed E-state index contributed by atoms with van der Waals surface area (Å²) in [4.78, 5) is 8.02. The summed E-state index contributed by atoms with van der Waals surface area (Å²) < 4.78 is 67.2. The van der Waals surface area contributed by atoms with E-state index in [-0.39, 0.29) is 28.5 Å². The number of aliphatic hydroxyl groups excluding tert-OH is 1. The first-order chi connectivity index (χ1) is 16.5. The fourth-order valence-electron chi connectivity index (χ4n) is 3.60. The van der Waals surface area contributed by atoms with Gasteiger partial charge in [-0.05, 0) is 36.6 Å². The molecule has 4 rings (SSSR count). The maximum absolute atomic E-state index is 13.7. The molecule has 35 heavy (non-hydrogen) atoms. The van der Waals surface area contributed by atoms with Crippen LogP contribution in [0.3, 0.4) is 0 Å². The number of hydrogen-bond acceptors (Lipinski definition) is 6. The minimum absolute atomic E-state index is 0.0818. The Kier molecular flexibility index (Phi) is 6.50. The van der Waals surface area contributed by atoms with E-state index in [1.165, 1.54) is 30.5 Å². The van der Waals surface area contributed by atoms with Gasteiger partial charge >= 0.3 is 6.18 Å². The van der Waals surface area contributed by atoms with Gasteiger partial charge in [0.05, 0.1) is 22.7 Å². The molecule has 0 spiro atoms. The molecular formula is C24H20F3N3O4S. The molecule has 0 aliphatic carbocycles. The van der Waals surface area contributed by atoms with Gasteiger partial charge in [-0.15, -0.1) is 0 Å². The van der Waals surface area contributed by atoms with Crippen LogP contribution in [0, 0.1) is 6.92 Å². The normalized spacial score (nSPS) is 12.3. The van der Waals surface area contributed by atoms with Gasteiger partial charge in [0.15, 0.2) is 6.29 Å². The molecule has 0 aliphatic heterocycles. The van der Waals surface area contributed by atoms with Gasteiger partial charge in [0.1, 0.15) is 5.82 Å². The third kappa shape index (κ3) is 4.97. The van der Waals surface area contributed by atoms with E-state index in [0.29, 0.717) is 11.8 Å². The highest BCUT2D eigenvalue weighted by Crippen LogP contribution is 2.32. The number of nitrogens with zero attached hydrogens (tertiary/aromatic N) is 3. The topological polar surface area (TPSA) is 104 Å². The molecular weight excluding hydrogens is 483 g/mol.